The number of rotatable bonds is 2. The fourth-order valence-electron chi connectivity index (χ4n) is 2.42. The van der Waals surface area contributed by atoms with Crippen LogP contribution in [0.25, 0.3) is 0 Å². The van der Waals surface area contributed by atoms with Gasteiger partial charge in [-0.3, -0.25) is 4.79 Å². The third-order valence-corrected chi connectivity index (χ3v) is 4.59. The van der Waals surface area contributed by atoms with Gasteiger partial charge in [-0.15, -0.1) is 10.2 Å². The second kappa shape index (κ2) is 5.97. The van der Waals surface area contributed by atoms with Gasteiger partial charge in [0, 0.05) is 13.1 Å². The first-order chi connectivity index (χ1) is 8.58. The highest BCUT2D eigenvalue weighted by atomic mass is 35.5. The molecule has 0 spiro atoms. The predicted molar refractivity (Wildman–Crippen MR) is 73.0 cm³/mol. The van der Waals surface area contributed by atoms with Crippen molar-refractivity contribution in [2.24, 2.45) is 11.8 Å². The molecular formula is C12H18ClN3OS. The zero-order valence-corrected chi connectivity index (χ0v) is 12.3. The van der Waals surface area contributed by atoms with Crippen molar-refractivity contribution in [3.63, 3.8) is 0 Å². The van der Waals surface area contributed by atoms with Gasteiger partial charge in [0.25, 0.3) is 5.91 Å². The van der Waals surface area contributed by atoms with Crippen molar-refractivity contribution < 1.29 is 4.79 Å². The van der Waals surface area contributed by atoms with Crippen LogP contribution in [0.4, 0.5) is 0 Å². The molecule has 0 aliphatic carbocycles. The minimum Gasteiger partial charge on any atom is -0.337 e. The normalized spacial score (nSPS) is 21.1. The smallest absolute Gasteiger partial charge is 0.284 e. The number of carbonyl (C=O) groups is 1. The second-order valence-corrected chi connectivity index (χ2v) is 6.65. The van der Waals surface area contributed by atoms with Gasteiger partial charge in [-0.25, -0.2) is 0 Å². The summed E-state index contributed by atoms with van der Waals surface area (Å²) in [5.74, 6) is 1.39. The molecule has 2 rings (SSSR count). The number of halogens is 1. The van der Waals surface area contributed by atoms with Crippen LogP contribution in [0.1, 0.15) is 42.9 Å². The Balaban J connectivity index is 1.99. The van der Waals surface area contributed by atoms with Crippen LogP contribution in [0, 0.1) is 11.8 Å². The Morgan fingerprint density at radius 2 is 2.17 bits per heavy atom. The Bertz CT molecular complexity index is 421. The molecule has 18 heavy (non-hydrogen) atoms. The topological polar surface area (TPSA) is 46.1 Å². The van der Waals surface area contributed by atoms with Crippen LogP contribution in [0.15, 0.2) is 0 Å². The van der Waals surface area contributed by atoms with Crippen LogP contribution in [-0.2, 0) is 0 Å². The van der Waals surface area contributed by atoms with E-state index >= 15 is 0 Å². The highest BCUT2D eigenvalue weighted by Crippen LogP contribution is 2.26. The Labute approximate surface area is 116 Å². The summed E-state index contributed by atoms with van der Waals surface area (Å²) in [7, 11) is 0. The standard InChI is InChI=1S/C12H18ClN3OS/c1-8(2)9-4-3-6-16(7-5-9)11(17)10-14-15-12(13)18-10/h8-9H,3-7H2,1-2H3. The van der Waals surface area contributed by atoms with Crippen molar-refractivity contribution >= 4 is 28.8 Å². The molecule has 6 heteroatoms. The fraction of sp³-hybridized carbons (Fsp3) is 0.750. The van der Waals surface area contributed by atoms with Gasteiger partial charge in [-0.2, -0.15) is 0 Å². The molecule has 1 amide bonds. The Morgan fingerprint density at radius 1 is 1.39 bits per heavy atom. The third kappa shape index (κ3) is 3.20. The first-order valence-corrected chi connectivity index (χ1v) is 7.55. The summed E-state index contributed by atoms with van der Waals surface area (Å²) in [6, 6.07) is 0. The SMILES string of the molecule is CC(C)C1CCCN(C(=O)c2nnc(Cl)s2)CC1. The number of hydrogen-bond donors (Lipinski definition) is 0. The van der Waals surface area contributed by atoms with E-state index in [1.54, 1.807) is 0 Å². The lowest BCUT2D eigenvalue weighted by atomic mass is 9.89. The van der Waals surface area contributed by atoms with E-state index in [1.807, 2.05) is 4.90 Å². The number of hydrogen-bond acceptors (Lipinski definition) is 4. The largest absolute Gasteiger partial charge is 0.337 e. The predicted octanol–water partition coefficient (Wildman–Crippen LogP) is 3.09. The molecule has 0 saturated carbocycles. The molecule has 0 N–H and O–H groups in total. The van der Waals surface area contributed by atoms with Gasteiger partial charge in [0.2, 0.25) is 9.47 Å². The quantitative estimate of drug-likeness (QED) is 0.840. The van der Waals surface area contributed by atoms with Gasteiger partial charge in [0.05, 0.1) is 0 Å². The van der Waals surface area contributed by atoms with Crippen molar-refractivity contribution in [3.8, 4) is 0 Å². The van der Waals surface area contributed by atoms with E-state index in [9.17, 15) is 4.79 Å². The summed E-state index contributed by atoms with van der Waals surface area (Å²) in [4.78, 5) is 14.1. The van der Waals surface area contributed by atoms with E-state index in [4.69, 9.17) is 11.6 Å². The van der Waals surface area contributed by atoms with Crippen LogP contribution in [-0.4, -0.2) is 34.1 Å². The second-order valence-electron chi connectivity index (χ2n) is 5.09. The maximum atomic E-state index is 12.2. The molecule has 1 aliphatic rings. The fourth-order valence-corrected chi connectivity index (χ4v) is 3.22. The molecule has 1 aromatic rings. The zero-order chi connectivity index (χ0) is 13.1. The molecule has 0 radical (unpaired) electrons. The number of nitrogens with zero attached hydrogens (tertiary/aromatic N) is 3. The van der Waals surface area contributed by atoms with Crippen LogP contribution in [0.2, 0.25) is 4.47 Å². The molecule has 0 aromatic carbocycles. The molecular weight excluding hydrogens is 270 g/mol. The van der Waals surface area contributed by atoms with Gasteiger partial charge in [-0.05, 0) is 42.7 Å². The average molecular weight is 288 g/mol. The first kappa shape index (κ1) is 13.7. The Morgan fingerprint density at radius 3 is 2.78 bits per heavy atom. The van der Waals surface area contributed by atoms with Crippen LogP contribution in [0.5, 0.6) is 0 Å². The Hall–Kier alpha value is -0.680. The number of aromatic nitrogens is 2. The molecule has 1 saturated heterocycles. The lowest BCUT2D eigenvalue weighted by Gasteiger charge is -2.20. The van der Waals surface area contributed by atoms with Crippen molar-refractivity contribution in [3.05, 3.63) is 9.47 Å². The van der Waals surface area contributed by atoms with E-state index in [0.717, 1.165) is 43.2 Å². The van der Waals surface area contributed by atoms with Crippen molar-refractivity contribution in [2.45, 2.75) is 33.1 Å². The number of carbonyl (C=O) groups excluding carboxylic acids is 1. The summed E-state index contributed by atoms with van der Waals surface area (Å²) in [5, 5.41) is 7.91. The van der Waals surface area contributed by atoms with Gasteiger partial charge < -0.3 is 4.90 Å². The molecule has 2 heterocycles. The first-order valence-electron chi connectivity index (χ1n) is 6.36. The van der Waals surface area contributed by atoms with Crippen LogP contribution in [0.3, 0.4) is 0 Å². The zero-order valence-electron chi connectivity index (χ0n) is 10.7. The highest BCUT2D eigenvalue weighted by Gasteiger charge is 2.25. The molecule has 1 fully saturated rings. The molecule has 1 unspecified atom stereocenters. The summed E-state index contributed by atoms with van der Waals surface area (Å²) in [6.45, 7) is 6.15. The highest BCUT2D eigenvalue weighted by molar-refractivity contribution is 7.17. The molecule has 1 atom stereocenters. The minimum absolute atomic E-state index is 0.0243. The van der Waals surface area contributed by atoms with Gasteiger partial charge >= 0.3 is 0 Å². The van der Waals surface area contributed by atoms with Gasteiger partial charge in [0.1, 0.15) is 0 Å². The maximum Gasteiger partial charge on any atom is 0.284 e. The summed E-state index contributed by atoms with van der Waals surface area (Å²) >= 11 is 6.87. The molecule has 1 aliphatic heterocycles. The minimum atomic E-state index is -0.0243. The number of amides is 1. The average Bonchev–Trinajstić information content (AvgIpc) is 2.63. The van der Waals surface area contributed by atoms with E-state index in [2.05, 4.69) is 24.0 Å². The van der Waals surface area contributed by atoms with Crippen LogP contribution >= 0.6 is 22.9 Å². The van der Waals surface area contributed by atoms with Crippen molar-refractivity contribution in [1.29, 1.82) is 0 Å². The molecule has 4 nitrogen and oxygen atoms in total. The van der Waals surface area contributed by atoms with E-state index in [-0.39, 0.29) is 5.91 Å². The van der Waals surface area contributed by atoms with Gasteiger partial charge in [-0.1, -0.05) is 25.2 Å². The Kier molecular flexibility index (Phi) is 4.56. The molecule has 0 bridgehead atoms. The summed E-state index contributed by atoms with van der Waals surface area (Å²) in [6.07, 6.45) is 3.36. The van der Waals surface area contributed by atoms with Crippen LogP contribution < -0.4 is 0 Å². The van der Waals surface area contributed by atoms with E-state index in [1.165, 1.54) is 6.42 Å². The number of likely N-dealkylation sites (tertiary alicyclic amines) is 1. The van der Waals surface area contributed by atoms with Gasteiger partial charge in [0.15, 0.2) is 0 Å². The molecule has 100 valence electrons. The summed E-state index contributed by atoms with van der Waals surface area (Å²) < 4.78 is 0.327. The van der Waals surface area contributed by atoms with E-state index in [0.29, 0.717) is 15.4 Å². The monoisotopic (exact) mass is 287 g/mol. The van der Waals surface area contributed by atoms with Crippen molar-refractivity contribution in [1.82, 2.24) is 15.1 Å². The maximum absolute atomic E-state index is 12.2. The summed E-state index contributed by atoms with van der Waals surface area (Å²) in [5.41, 5.74) is 0. The van der Waals surface area contributed by atoms with E-state index < -0.39 is 0 Å². The van der Waals surface area contributed by atoms with Crippen molar-refractivity contribution in [2.75, 3.05) is 13.1 Å². The lowest BCUT2D eigenvalue weighted by Crippen LogP contribution is -2.32. The molecule has 1 aromatic heterocycles. The lowest BCUT2D eigenvalue weighted by molar-refractivity contribution is 0.0757. The third-order valence-electron chi connectivity index (χ3n) is 3.59.